The molecule has 0 aliphatic carbocycles. The van der Waals surface area contributed by atoms with Gasteiger partial charge in [-0.1, -0.05) is 36.2 Å². The average Bonchev–Trinajstić information content (AvgIpc) is 2.88. The van der Waals surface area contributed by atoms with Crippen molar-refractivity contribution < 1.29 is 0 Å². The number of imidazole rings is 1. The standard InChI is InChI=1S/C16H21Cl2N3/c1-3-8-19-15(6-7-16-20-9-10-21(16)2)12-4-5-13(17)14(18)11-12/h4-5,9-11,15,19H,3,6-8H2,1-2H3. The molecule has 2 rings (SSSR count). The number of hydrogen-bond donors (Lipinski definition) is 1. The highest BCUT2D eigenvalue weighted by Gasteiger charge is 2.13. The van der Waals surface area contributed by atoms with Crippen LogP contribution in [0.4, 0.5) is 0 Å². The molecule has 0 saturated heterocycles. The summed E-state index contributed by atoms with van der Waals surface area (Å²) in [6.45, 7) is 3.14. The van der Waals surface area contributed by atoms with Gasteiger partial charge in [-0.3, -0.25) is 0 Å². The normalized spacial score (nSPS) is 12.6. The highest BCUT2D eigenvalue weighted by Crippen LogP contribution is 2.27. The molecule has 114 valence electrons. The first-order valence-electron chi connectivity index (χ1n) is 7.26. The first kappa shape index (κ1) is 16.3. The fourth-order valence-corrected chi connectivity index (χ4v) is 2.65. The number of rotatable bonds is 7. The number of benzene rings is 1. The highest BCUT2D eigenvalue weighted by molar-refractivity contribution is 6.42. The molecule has 0 spiro atoms. The maximum absolute atomic E-state index is 6.14. The highest BCUT2D eigenvalue weighted by atomic mass is 35.5. The fourth-order valence-electron chi connectivity index (χ4n) is 2.35. The third-order valence-corrected chi connectivity index (χ3v) is 4.30. The van der Waals surface area contributed by atoms with Gasteiger partial charge in [0.1, 0.15) is 5.82 Å². The van der Waals surface area contributed by atoms with Gasteiger partial charge in [0.25, 0.3) is 0 Å². The Kier molecular flexibility index (Phi) is 6.09. The maximum Gasteiger partial charge on any atom is 0.108 e. The minimum absolute atomic E-state index is 0.261. The van der Waals surface area contributed by atoms with Crippen molar-refractivity contribution in [1.29, 1.82) is 0 Å². The zero-order valence-corrected chi connectivity index (χ0v) is 14.0. The van der Waals surface area contributed by atoms with E-state index in [9.17, 15) is 0 Å². The lowest BCUT2D eigenvalue weighted by atomic mass is 10.0. The summed E-state index contributed by atoms with van der Waals surface area (Å²) in [5.41, 5.74) is 1.17. The molecule has 1 N–H and O–H groups in total. The minimum Gasteiger partial charge on any atom is -0.338 e. The Hall–Kier alpha value is -1.03. The van der Waals surface area contributed by atoms with E-state index in [0.29, 0.717) is 10.0 Å². The topological polar surface area (TPSA) is 29.9 Å². The maximum atomic E-state index is 6.14. The average molecular weight is 326 g/mol. The Morgan fingerprint density at radius 1 is 1.29 bits per heavy atom. The van der Waals surface area contributed by atoms with Gasteiger partial charge in [0.15, 0.2) is 0 Å². The minimum atomic E-state index is 0.261. The smallest absolute Gasteiger partial charge is 0.108 e. The Labute approximate surface area is 136 Å². The van der Waals surface area contributed by atoms with E-state index in [4.69, 9.17) is 23.2 Å². The lowest BCUT2D eigenvalue weighted by molar-refractivity contribution is 0.491. The SMILES string of the molecule is CCCNC(CCc1nccn1C)c1ccc(Cl)c(Cl)c1. The molecule has 1 aromatic heterocycles. The van der Waals surface area contributed by atoms with Gasteiger partial charge >= 0.3 is 0 Å². The zero-order valence-electron chi connectivity index (χ0n) is 12.4. The second kappa shape index (κ2) is 7.83. The zero-order chi connectivity index (χ0) is 15.2. The van der Waals surface area contributed by atoms with Crippen LogP contribution in [0.3, 0.4) is 0 Å². The molecule has 0 aliphatic rings. The molecule has 5 heteroatoms. The predicted molar refractivity (Wildman–Crippen MR) is 89.0 cm³/mol. The van der Waals surface area contributed by atoms with Crippen molar-refractivity contribution in [2.24, 2.45) is 7.05 Å². The molecule has 1 unspecified atom stereocenters. The molecule has 1 aromatic carbocycles. The molecular weight excluding hydrogens is 305 g/mol. The first-order valence-corrected chi connectivity index (χ1v) is 8.02. The molecule has 0 aliphatic heterocycles. The van der Waals surface area contributed by atoms with Gasteiger partial charge in [0.05, 0.1) is 10.0 Å². The number of aryl methyl sites for hydroxylation is 2. The second-order valence-corrected chi connectivity index (χ2v) is 5.99. The van der Waals surface area contributed by atoms with Gasteiger partial charge in [-0.25, -0.2) is 4.98 Å². The van der Waals surface area contributed by atoms with Crippen LogP contribution >= 0.6 is 23.2 Å². The van der Waals surface area contributed by atoms with Crippen LogP contribution < -0.4 is 5.32 Å². The van der Waals surface area contributed by atoms with Crippen LogP contribution in [0.1, 0.15) is 37.2 Å². The van der Waals surface area contributed by atoms with Crippen LogP contribution in [0, 0.1) is 0 Å². The summed E-state index contributed by atoms with van der Waals surface area (Å²) in [5.74, 6) is 1.10. The quantitative estimate of drug-likeness (QED) is 0.817. The summed E-state index contributed by atoms with van der Waals surface area (Å²) in [6, 6.07) is 6.12. The van der Waals surface area contributed by atoms with Crippen LogP contribution in [0.5, 0.6) is 0 Å². The van der Waals surface area contributed by atoms with Crippen LogP contribution in [-0.4, -0.2) is 16.1 Å². The molecule has 3 nitrogen and oxygen atoms in total. The lowest BCUT2D eigenvalue weighted by Gasteiger charge is -2.19. The van der Waals surface area contributed by atoms with E-state index in [-0.39, 0.29) is 6.04 Å². The Balaban J connectivity index is 2.09. The van der Waals surface area contributed by atoms with Crippen molar-refractivity contribution in [1.82, 2.24) is 14.9 Å². The molecule has 0 fully saturated rings. The van der Waals surface area contributed by atoms with Gasteiger partial charge in [-0.2, -0.15) is 0 Å². The van der Waals surface area contributed by atoms with E-state index in [1.54, 1.807) is 0 Å². The van der Waals surface area contributed by atoms with Gasteiger partial charge in [-0.15, -0.1) is 0 Å². The van der Waals surface area contributed by atoms with E-state index in [0.717, 1.165) is 31.6 Å². The number of halogens is 2. The molecule has 0 bridgehead atoms. The summed E-state index contributed by atoms with van der Waals surface area (Å²) in [4.78, 5) is 4.38. The number of hydrogen-bond acceptors (Lipinski definition) is 2. The molecule has 0 radical (unpaired) electrons. The molecule has 0 saturated carbocycles. The van der Waals surface area contributed by atoms with E-state index < -0.39 is 0 Å². The van der Waals surface area contributed by atoms with Crippen LogP contribution in [-0.2, 0) is 13.5 Å². The monoisotopic (exact) mass is 325 g/mol. The number of aromatic nitrogens is 2. The van der Waals surface area contributed by atoms with E-state index in [1.165, 1.54) is 5.56 Å². The van der Waals surface area contributed by atoms with Crippen molar-refractivity contribution >= 4 is 23.2 Å². The van der Waals surface area contributed by atoms with Gasteiger partial charge in [0.2, 0.25) is 0 Å². The van der Waals surface area contributed by atoms with Gasteiger partial charge in [-0.05, 0) is 37.1 Å². The van der Waals surface area contributed by atoms with E-state index in [2.05, 4.69) is 21.8 Å². The second-order valence-electron chi connectivity index (χ2n) is 5.17. The largest absolute Gasteiger partial charge is 0.338 e. The lowest BCUT2D eigenvalue weighted by Crippen LogP contribution is -2.23. The van der Waals surface area contributed by atoms with Crippen LogP contribution in [0.2, 0.25) is 10.0 Å². The van der Waals surface area contributed by atoms with Gasteiger partial charge in [0, 0.05) is 31.9 Å². The van der Waals surface area contributed by atoms with Crippen LogP contribution in [0.25, 0.3) is 0 Å². The van der Waals surface area contributed by atoms with Crippen molar-refractivity contribution in [3.8, 4) is 0 Å². The Bertz CT molecular complexity index is 581. The summed E-state index contributed by atoms with van der Waals surface area (Å²) in [6.07, 6.45) is 6.81. The first-order chi connectivity index (χ1) is 10.1. The number of nitrogens with zero attached hydrogens (tertiary/aromatic N) is 2. The molecule has 1 heterocycles. The molecule has 1 atom stereocenters. The summed E-state index contributed by atoms with van der Waals surface area (Å²) < 4.78 is 2.06. The molecule has 2 aromatic rings. The Morgan fingerprint density at radius 3 is 2.71 bits per heavy atom. The van der Waals surface area contributed by atoms with Crippen molar-refractivity contribution in [3.63, 3.8) is 0 Å². The predicted octanol–water partition coefficient (Wildman–Crippen LogP) is 4.40. The van der Waals surface area contributed by atoms with E-state index in [1.807, 2.05) is 37.6 Å². The fraction of sp³-hybridized carbons (Fsp3) is 0.438. The molecule has 21 heavy (non-hydrogen) atoms. The van der Waals surface area contributed by atoms with E-state index >= 15 is 0 Å². The van der Waals surface area contributed by atoms with Crippen LogP contribution in [0.15, 0.2) is 30.6 Å². The van der Waals surface area contributed by atoms with Crippen molar-refractivity contribution in [3.05, 3.63) is 52.0 Å². The summed E-state index contributed by atoms with van der Waals surface area (Å²) in [5, 5.41) is 4.78. The third-order valence-electron chi connectivity index (χ3n) is 3.56. The number of nitrogens with one attached hydrogen (secondary N) is 1. The van der Waals surface area contributed by atoms with Gasteiger partial charge < -0.3 is 9.88 Å². The summed E-state index contributed by atoms with van der Waals surface area (Å²) in [7, 11) is 2.02. The molecule has 0 amide bonds. The summed E-state index contributed by atoms with van der Waals surface area (Å²) >= 11 is 12.1. The Morgan fingerprint density at radius 2 is 2.10 bits per heavy atom. The third kappa shape index (κ3) is 4.47. The van der Waals surface area contributed by atoms with Crippen molar-refractivity contribution in [2.45, 2.75) is 32.2 Å². The molecular formula is C16H21Cl2N3. The van der Waals surface area contributed by atoms with Crippen molar-refractivity contribution in [2.75, 3.05) is 6.54 Å².